The van der Waals surface area contributed by atoms with Crippen LogP contribution in [-0.2, 0) is 4.79 Å². The minimum atomic E-state index is 0.160. The van der Waals surface area contributed by atoms with Gasteiger partial charge in [-0.3, -0.25) is 4.79 Å². The second-order valence-electron chi connectivity index (χ2n) is 3.43. The number of hydrogen-bond donors (Lipinski definition) is 0. The van der Waals surface area contributed by atoms with Crippen LogP contribution in [0.5, 0.6) is 0 Å². The molecule has 0 aromatic carbocycles. The summed E-state index contributed by atoms with van der Waals surface area (Å²) < 4.78 is 0. The molecule has 0 unspecified atom stereocenters. The molecule has 1 heteroatoms. The number of Topliss-reactive ketones (excluding diaryl/α,β-unsaturated/α-hetero) is 1. The zero-order valence-electron chi connectivity index (χ0n) is 8.91. The predicted molar refractivity (Wildman–Crippen MR) is 53.1 cm³/mol. The molecule has 0 atom stereocenters. The molecule has 0 saturated carbocycles. The molecule has 0 heterocycles. The van der Waals surface area contributed by atoms with Crippen LogP contribution < -0.4 is 0 Å². The Labute approximate surface area is 75.2 Å². The largest absolute Gasteiger partial charge is 0.295 e. The van der Waals surface area contributed by atoms with Crippen molar-refractivity contribution in [3.05, 3.63) is 22.3 Å². The Morgan fingerprint density at radius 3 is 1.33 bits per heavy atom. The van der Waals surface area contributed by atoms with Gasteiger partial charge in [-0.05, 0) is 58.3 Å². The quantitative estimate of drug-likeness (QED) is 0.454. The average molecular weight is 166 g/mol. The molecule has 0 fully saturated rings. The van der Waals surface area contributed by atoms with Crippen molar-refractivity contribution in [1.82, 2.24) is 0 Å². The van der Waals surface area contributed by atoms with Crippen molar-refractivity contribution in [2.24, 2.45) is 0 Å². The van der Waals surface area contributed by atoms with E-state index in [1.165, 1.54) is 11.1 Å². The van der Waals surface area contributed by atoms with Crippen LogP contribution in [0.25, 0.3) is 0 Å². The molecule has 0 aliphatic heterocycles. The molecule has 0 saturated heterocycles. The van der Waals surface area contributed by atoms with Gasteiger partial charge in [-0.1, -0.05) is 5.57 Å². The first-order valence-corrected chi connectivity index (χ1v) is 4.20. The molecular weight excluding hydrogens is 148 g/mol. The van der Waals surface area contributed by atoms with Gasteiger partial charge >= 0.3 is 0 Å². The maximum Gasteiger partial charge on any atom is 0.155 e. The lowest BCUT2D eigenvalue weighted by Crippen LogP contribution is -1.97. The van der Waals surface area contributed by atoms with Gasteiger partial charge in [0.25, 0.3) is 0 Å². The topological polar surface area (TPSA) is 17.1 Å². The molecule has 0 aliphatic carbocycles. The van der Waals surface area contributed by atoms with Crippen molar-refractivity contribution in [2.45, 2.75) is 41.5 Å². The minimum absolute atomic E-state index is 0.160. The van der Waals surface area contributed by atoms with E-state index in [4.69, 9.17) is 0 Å². The third kappa shape index (κ3) is 2.65. The summed E-state index contributed by atoms with van der Waals surface area (Å²) in [7, 11) is 0. The summed E-state index contributed by atoms with van der Waals surface area (Å²) >= 11 is 0. The molecule has 68 valence electrons. The molecule has 0 radical (unpaired) electrons. The van der Waals surface area contributed by atoms with Gasteiger partial charge in [-0.2, -0.15) is 0 Å². The monoisotopic (exact) mass is 166 g/mol. The van der Waals surface area contributed by atoms with Crippen molar-refractivity contribution in [2.75, 3.05) is 0 Å². The summed E-state index contributed by atoms with van der Waals surface area (Å²) in [6.07, 6.45) is 0. The van der Waals surface area contributed by atoms with E-state index in [1.807, 2.05) is 13.8 Å². The Morgan fingerprint density at radius 2 is 1.08 bits per heavy atom. The molecule has 0 rings (SSSR count). The van der Waals surface area contributed by atoms with Gasteiger partial charge in [-0.15, -0.1) is 0 Å². The fraction of sp³-hybridized carbons (Fsp3) is 0.545. The van der Waals surface area contributed by atoms with Crippen LogP contribution in [0.4, 0.5) is 0 Å². The molecule has 0 spiro atoms. The highest BCUT2D eigenvalue weighted by molar-refractivity contribution is 5.94. The van der Waals surface area contributed by atoms with E-state index in [0.717, 1.165) is 11.1 Å². The summed E-state index contributed by atoms with van der Waals surface area (Å²) in [6.45, 7) is 11.7. The van der Waals surface area contributed by atoms with Crippen LogP contribution in [0.15, 0.2) is 22.3 Å². The second kappa shape index (κ2) is 4.24. The summed E-state index contributed by atoms with van der Waals surface area (Å²) in [6, 6.07) is 0. The van der Waals surface area contributed by atoms with E-state index in [-0.39, 0.29) is 5.78 Å². The van der Waals surface area contributed by atoms with Gasteiger partial charge in [-0.25, -0.2) is 0 Å². The van der Waals surface area contributed by atoms with E-state index in [9.17, 15) is 4.79 Å². The average Bonchev–Trinajstić information content (AvgIpc) is 2.00. The van der Waals surface area contributed by atoms with Gasteiger partial charge in [0.15, 0.2) is 5.78 Å². The van der Waals surface area contributed by atoms with Crippen LogP contribution in [0.2, 0.25) is 0 Å². The number of carbonyl (C=O) groups excluding carboxylic acids is 1. The number of carbonyl (C=O) groups is 1. The highest BCUT2D eigenvalue weighted by Crippen LogP contribution is 2.17. The normalized spacial score (nSPS) is 12.2. The number of rotatable bonds is 2. The standard InChI is InChI=1S/C11H18O/c1-7(2)8(3)9(4)10(5)11(6)12/h1-6H3/b10-9+. The number of ketones is 1. The van der Waals surface area contributed by atoms with Gasteiger partial charge in [0.2, 0.25) is 0 Å². The third-order valence-corrected chi connectivity index (χ3v) is 2.40. The van der Waals surface area contributed by atoms with Crippen molar-refractivity contribution < 1.29 is 4.79 Å². The van der Waals surface area contributed by atoms with Gasteiger partial charge < -0.3 is 0 Å². The molecule has 0 bridgehead atoms. The number of hydrogen-bond acceptors (Lipinski definition) is 1. The molecule has 0 aliphatic rings. The predicted octanol–water partition coefficient (Wildman–Crippen LogP) is 3.27. The van der Waals surface area contributed by atoms with E-state index in [1.54, 1.807) is 6.92 Å². The van der Waals surface area contributed by atoms with Gasteiger partial charge in [0, 0.05) is 0 Å². The fourth-order valence-corrected chi connectivity index (χ4v) is 0.920. The molecule has 0 aromatic rings. The minimum Gasteiger partial charge on any atom is -0.295 e. The Morgan fingerprint density at radius 1 is 0.667 bits per heavy atom. The molecule has 0 amide bonds. The van der Waals surface area contributed by atoms with Crippen LogP contribution >= 0.6 is 0 Å². The lowest BCUT2D eigenvalue weighted by molar-refractivity contribution is -0.113. The van der Waals surface area contributed by atoms with Crippen molar-refractivity contribution in [1.29, 1.82) is 0 Å². The summed E-state index contributed by atoms with van der Waals surface area (Å²) in [5.41, 5.74) is 4.48. The molecule has 12 heavy (non-hydrogen) atoms. The highest BCUT2D eigenvalue weighted by atomic mass is 16.1. The Hall–Kier alpha value is -0.850. The summed E-state index contributed by atoms with van der Waals surface area (Å²) in [5.74, 6) is 0.160. The highest BCUT2D eigenvalue weighted by Gasteiger charge is 2.04. The van der Waals surface area contributed by atoms with Crippen molar-refractivity contribution in [3.63, 3.8) is 0 Å². The van der Waals surface area contributed by atoms with Crippen molar-refractivity contribution in [3.8, 4) is 0 Å². The molecular formula is C11H18O. The Bertz CT molecular complexity index is 250. The van der Waals surface area contributed by atoms with Crippen LogP contribution in [0.3, 0.4) is 0 Å². The first kappa shape index (κ1) is 11.2. The molecule has 1 nitrogen and oxygen atoms in total. The summed E-state index contributed by atoms with van der Waals surface area (Å²) in [4.78, 5) is 11.0. The maximum atomic E-state index is 11.0. The van der Waals surface area contributed by atoms with Crippen molar-refractivity contribution >= 4 is 5.78 Å². The maximum absolute atomic E-state index is 11.0. The van der Waals surface area contributed by atoms with E-state index < -0.39 is 0 Å². The molecule has 0 N–H and O–H groups in total. The van der Waals surface area contributed by atoms with Gasteiger partial charge in [0.1, 0.15) is 0 Å². The lowest BCUT2D eigenvalue weighted by atomic mass is 9.98. The zero-order chi connectivity index (χ0) is 9.89. The summed E-state index contributed by atoms with van der Waals surface area (Å²) in [5, 5.41) is 0. The Balaban J connectivity index is 5.06. The SMILES string of the molecule is CC(=O)/C(C)=C(\C)C(C)=C(C)C. The van der Waals surface area contributed by atoms with Crippen LogP contribution in [0.1, 0.15) is 41.5 Å². The van der Waals surface area contributed by atoms with E-state index >= 15 is 0 Å². The molecule has 0 aromatic heterocycles. The Kier molecular flexibility index (Phi) is 3.94. The van der Waals surface area contributed by atoms with Gasteiger partial charge in [0.05, 0.1) is 0 Å². The van der Waals surface area contributed by atoms with E-state index in [2.05, 4.69) is 20.8 Å². The zero-order valence-corrected chi connectivity index (χ0v) is 8.91. The first-order valence-electron chi connectivity index (χ1n) is 4.20. The fourth-order valence-electron chi connectivity index (χ4n) is 0.920. The van der Waals surface area contributed by atoms with Crippen LogP contribution in [-0.4, -0.2) is 5.78 Å². The van der Waals surface area contributed by atoms with E-state index in [0.29, 0.717) is 0 Å². The van der Waals surface area contributed by atoms with Crippen LogP contribution in [0, 0.1) is 0 Å². The smallest absolute Gasteiger partial charge is 0.155 e. The lowest BCUT2D eigenvalue weighted by Gasteiger charge is -2.07. The third-order valence-electron chi connectivity index (χ3n) is 2.40. The number of allylic oxidation sites excluding steroid dienone is 4. The first-order chi connectivity index (χ1) is 5.37. The second-order valence-corrected chi connectivity index (χ2v) is 3.43.